The van der Waals surface area contributed by atoms with Crippen LogP contribution in [0.1, 0.15) is 0 Å². The Balaban J connectivity index is 3.34. The molecule has 0 saturated carbocycles. The highest BCUT2D eigenvalue weighted by molar-refractivity contribution is 4.97. The number of hydrogen-bond acceptors (Lipinski definition) is 5. The molecule has 0 unspecified atom stereocenters. The molecule has 0 aliphatic heterocycles. The molecule has 0 radical (unpaired) electrons. The van der Waals surface area contributed by atoms with Crippen LogP contribution >= 0.6 is 0 Å². The number of hydrogen-bond donors (Lipinski definition) is 3. The van der Waals surface area contributed by atoms with Gasteiger partial charge in [0.2, 0.25) is 0 Å². The van der Waals surface area contributed by atoms with E-state index in [1.807, 2.05) is 10.1 Å². The maximum absolute atomic E-state index is 10.5. The highest BCUT2D eigenvalue weighted by Crippen LogP contribution is 1.82. The Kier molecular flexibility index (Phi) is 1.50. The average Bonchev–Trinajstić information content (AvgIpc) is 1.88. The van der Waals surface area contributed by atoms with Crippen LogP contribution in [0.4, 0.5) is 0 Å². The highest BCUT2D eigenvalue weighted by atomic mass is 16.6. The Morgan fingerprint density at radius 1 is 1.50 bits per heavy atom. The van der Waals surface area contributed by atoms with Crippen LogP contribution in [0.15, 0.2) is 9.59 Å². The lowest BCUT2D eigenvalue weighted by atomic mass is 10.8. The summed E-state index contributed by atoms with van der Waals surface area (Å²) >= 11 is 0. The molecular formula is C3H4N4O3. The summed E-state index contributed by atoms with van der Waals surface area (Å²) in [6.45, 7) is 0. The molecule has 7 nitrogen and oxygen atoms in total. The smallest absolute Gasteiger partial charge is 0.342 e. The van der Waals surface area contributed by atoms with Crippen molar-refractivity contribution < 1.29 is 4.84 Å². The van der Waals surface area contributed by atoms with Crippen molar-refractivity contribution in [1.29, 1.82) is 0 Å². The van der Waals surface area contributed by atoms with Crippen LogP contribution in [0, 0.1) is 0 Å². The number of H-pyrrole nitrogens is 2. The molecule has 1 heterocycles. The third kappa shape index (κ3) is 1.03. The molecule has 0 saturated heterocycles. The van der Waals surface area contributed by atoms with Crippen LogP contribution in [-0.4, -0.2) is 15.2 Å². The number of aromatic nitrogens is 3. The molecule has 0 amide bonds. The van der Waals surface area contributed by atoms with Crippen molar-refractivity contribution in [3.8, 4) is 5.88 Å². The maximum Gasteiger partial charge on any atom is 0.342 e. The van der Waals surface area contributed by atoms with E-state index in [2.05, 4.69) is 15.8 Å². The summed E-state index contributed by atoms with van der Waals surface area (Å²) in [7, 11) is 0. The molecule has 0 aromatic carbocycles. The zero-order valence-corrected chi connectivity index (χ0v) is 4.75. The minimum atomic E-state index is -0.758. The standard InChI is InChI=1S/C3H4N4O3/c4-10-2-1(8)5-3(9)7-6-2/h4H2,(H2,5,7,8,9). The molecule has 0 aliphatic carbocycles. The maximum atomic E-state index is 10.5. The summed E-state index contributed by atoms with van der Waals surface area (Å²) in [6, 6.07) is 0. The van der Waals surface area contributed by atoms with Gasteiger partial charge in [-0.25, -0.2) is 9.89 Å². The summed E-state index contributed by atoms with van der Waals surface area (Å²) < 4.78 is 0. The minimum Gasteiger partial charge on any atom is -0.384 e. The van der Waals surface area contributed by atoms with Crippen LogP contribution in [-0.2, 0) is 0 Å². The van der Waals surface area contributed by atoms with Crippen molar-refractivity contribution in [3.63, 3.8) is 0 Å². The lowest BCUT2D eigenvalue weighted by Crippen LogP contribution is -2.26. The summed E-state index contributed by atoms with van der Waals surface area (Å²) in [6.07, 6.45) is 0. The molecule has 10 heavy (non-hydrogen) atoms. The third-order valence-corrected chi connectivity index (χ3v) is 0.792. The van der Waals surface area contributed by atoms with Crippen molar-refractivity contribution in [2.75, 3.05) is 0 Å². The van der Waals surface area contributed by atoms with E-state index in [1.54, 1.807) is 0 Å². The van der Waals surface area contributed by atoms with E-state index in [0.717, 1.165) is 0 Å². The molecular weight excluding hydrogens is 140 g/mol. The number of nitrogens with two attached hydrogens (primary N) is 1. The number of nitrogens with zero attached hydrogens (tertiary/aromatic N) is 1. The van der Waals surface area contributed by atoms with Crippen molar-refractivity contribution in [3.05, 3.63) is 20.8 Å². The van der Waals surface area contributed by atoms with Gasteiger partial charge in [0, 0.05) is 0 Å². The molecule has 4 N–H and O–H groups in total. The van der Waals surface area contributed by atoms with Gasteiger partial charge in [0.25, 0.3) is 0 Å². The Morgan fingerprint density at radius 2 is 2.20 bits per heavy atom. The monoisotopic (exact) mass is 144 g/mol. The zero-order chi connectivity index (χ0) is 7.56. The summed E-state index contributed by atoms with van der Waals surface area (Å²) in [5.74, 6) is 4.22. The Labute approximate surface area is 53.8 Å². The Bertz CT molecular complexity index is 325. The fourth-order valence-corrected chi connectivity index (χ4v) is 0.417. The molecule has 0 bridgehead atoms. The van der Waals surface area contributed by atoms with Crippen molar-refractivity contribution in [2.45, 2.75) is 0 Å². The van der Waals surface area contributed by atoms with Gasteiger partial charge in [0.1, 0.15) is 0 Å². The SMILES string of the molecule is NOc1n[nH]c(=O)[nH]c1=O. The Morgan fingerprint density at radius 3 is 2.70 bits per heavy atom. The van der Waals surface area contributed by atoms with E-state index in [-0.39, 0.29) is 5.88 Å². The second-order valence-corrected chi connectivity index (χ2v) is 1.43. The molecule has 0 atom stereocenters. The fourth-order valence-electron chi connectivity index (χ4n) is 0.417. The van der Waals surface area contributed by atoms with E-state index in [1.165, 1.54) is 0 Å². The molecule has 0 fully saturated rings. The molecule has 1 rings (SSSR count). The normalized spacial score (nSPS) is 9.30. The van der Waals surface area contributed by atoms with Gasteiger partial charge in [-0.2, -0.15) is 5.90 Å². The van der Waals surface area contributed by atoms with Crippen molar-refractivity contribution >= 4 is 0 Å². The molecule has 7 heteroatoms. The third-order valence-electron chi connectivity index (χ3n) is 0.792. The predicted octanol–water partition coefficient (Wildman–Crippen LogP) is -2.29. The van der Waals surface area contributed by atoms with E-state index in [0.29, 0.717) is 0 Å². The van der Waals surface area contributed by atoms with Gasteiger partial charge in [-0.1, -0.05) is 0 Å². The first-order chi connectivity index (χ1) is 4.74. The molecule has 1 aromatic rings. The molecule has 1 aromatic heterocycles. The number of aromatic amines is 2. The predicted molar refractivity (Wildman–Crippen MR) is 30.3 cm³/mol. The van der Waals surface area contributed by atoms with Crippen molar-refractivity contribution in [2.24, 2.45) is 5.90 Å². The molecule has 54 valence electrons. The average molecular weight is 144 g/mol. The molecule has 0 aliphatic rings. The van der Waals surface area contributed by atoms with Gasteiger partial charge < -0.3 is 4.84 Å². The first-order valence-electron chi connectivity index (χ1n) is 2.30. The lowest BCUT2D eigenvalue weighted by Gasteiger charge is -1.90. The highest BCUT2D eigenvalue weighted by Gasteiger charge is 1.98. The van der Waals surface area contributed by atoms with Crippen LogP contribution in [0.5, 0.6) is 5.88 Å². The molecule has 0 spiro atoms. The largest absolute Gasteiger partial charge is 0.384 e. The van der Waals surface area contributed by atoms with Gasteiger partial charge in [-0.3, -0.25) is 9.78 Å². The second-order valence-electron chi connectivity index (χ2n) is 1.43. The van der Waals surface area contributed by atoms with Gasteiger partial charge in [-0.15, -0.1) is 5.10 Å². The van der Waals surface area contributed by atoms with Gasteiger partial charge >= 0.3 is 17.1 Å². The number of rotatable bonds is 1. The van der Waals surface area contributed by atoms with E-state index in [4.69, 9.17) is 0 Å². The lowest BCUT2D eigenvalue weighted by molar-refractivity contribution is 0.309. The summed E-state index contributed by atoms with van der Waals surface area (Å²) in [5.41, 5.74) is -1.46. The summed E-state index contributed by atoms with van der Waals surface area (Å²) in [5, 5.41) is 5.09. The van der Waals surface area contributed by atoms with E-state index >= 15 is 0 Å². The first-order valence-corrected chi connectivity index (χ1v) is 2.30. The van der Waals surface area contributed by atoms with Crippen molar-refractivity contribution in [1.82, 2.24) is 15.2 Å². The summed E-state index contributed by atoms with van der Waals surface area (Å²) in [4.78, 5) is 26.6. The topological polar surface area (TPSA) is 114 Å². The van der Waals surface area contributed by atoms with Crippen LogP contribution < -0.4 is 22.0 Å². The quantitative estimate of drug-likeness (QED) is 0.384. The fraction of sp³-hybridized carbons (Fsp3) is 0. The van der Waals surface area contributed by atoms with Gasteiger partial charge in [-0.05, 0) is 0 Å². The number of nitrogens with one attached hydrogen (secondary N) is 2. The zero-order valence-electron chi connectivity index (χ0n) is 4.75. The Hall–Kier alpha value is -1.63. The second kappa shape index (κ2) is 2.31. The van der Waals surface area contributed by atoms with Gasteiger partial charge in [0.05, 0.1) is 0 Å². The van der Waals surface area contributed by atoms with Crippen LogP contribution in [0.25, 0.3) is 0 Å². The van der Waals surface area contributed by atoms with E-state index < -0.39 is 11.2 Å². The van der Waals surface area contributed by atoms with Crippen LogP contribution in [0.3, 0.4) is 0 Å². The van der Waals surface area contributed by atoms with E-state index in [9.17, 15) is 9.59 Å². The minimum absolute atomic E-state index is 0.375. The first kappa shape index (κ1) is 6.49. The van der Waals surface area contributed by atoms with Crippen LogP contribution in [0.2, 0.25) is 0 Å². The van der Waals surface area contributed by atoms with Gasteiger partial charge in [0.15, 0.2) is 0 Å².